The second-order valence-corrected chi connectivity index (χ2v) is 6.33. The molecular formula is C17H28N2O2. The van der Waals surface area contributed by atoms with Gasteiger partial charge in [-0.1, -0.05) is 32.9 Å². The van der Waals surface area contributed by atoms with Gasteiger partial charge in [0.1, 0.15) is 6.04 Å². The molecular weight excluding hydrogens is 264 g/mol. The number of ether oxygens (including phenoxy) is 1. The van der Waals surface area contributed by atoms with E-state index in [9.17, 15) is 4.79 Å². The number of rotatable bonds is 7. The molecule has 0 aromatic heterocycles. The molecule has 0 heterocycles. The van der Waals surface area contributed by atoms with Gasteiger partial charge in [-0.2, -0.15) is 0 Å². The van der Waals surface area contributed by atoms with E-state index in [2.05, 4.69) is 43.5 Å². The zero-order chi connectivity index (χ0) is 15.9. The highest BCUT2D eigenvalue weighted by atomic mass is 16.5. The lowest BCUT2D eigenvalue weighted by atomic mass is 9.87. The van der Waals surface area contributed by atoms with Gasteiger partial charge < -0.3 is 15.4 Å². The van der Waals surface area contributed by atoms with E-state index in [4.69, 9.17) is 4.74 Å². The number of carbonyl (C=O) groups excluding carboxylic acids is 1. The van der Waals surface area contributed by atoms with Crippen molar-refractivity contribution in [1.82, 2.24) is 5.32 Å². The van der Waals surface area contributed by atoms with Crippen molar-refractivity contribution >= 4 is 11.6 Å². The molecule has 21 heavy (non-hydrogen) atoms. The standard InChI is InChI=1S/C17H28N2O2/c1-13(16(20)18-11-6-12-21-5)19-15-9-7-14(8-10-15)17(2,3)4/h7-10,13,19H,6,11-12H2,1-5H3,(H,18,20). The van der Waals surface area contributed by atoms with Crippen LogP contribution in [-0.4, -0.2) is 32.2 Å². The van der Waals surface area contributed by atoms with Crippen molar-refractivity contribution in [2.45, 2.75) is 45.6 Å². The Labute approximate surface area is 128 Å². The van der Waals surface area contributed by atoms with Crippen LogP contribution in [-0.2, 0) is 14.9 Å². The average Bonchev–Trinajstić information content (AvgIpc) is 2.43. The lowest BCUT2D eigenvalue weighted by Gasteiger charge is -2.20. The van der Waals surface area contributed by atoms with Crippen molar-refractivity contribution in [1.29, 1.82) is 0 Å². The van der Waals surface area contributed by atoms with Crippen LogP contribution in [0.3, 0.4) is 0 Å². The van der Waals surface area contributed by atoms with Crippen molar-refractivity contribution in [3.05, 3.63) is 29.8 Å². The summed E-state index contributed by atoms with van der Waals surface area (Å²) in [6.45, 7) is 9.73. The van der Waals surface area contributed by atoms with Crippen LogP contribution < -0.4 is 10.6 Å². The summed E-state index contributed by atoms with van der Waals surface area (Å²) in [5, 5.41) is 6.11. The van der Waals surface area contributed by atoms with Gasteiger partial charge in [0.15, 0.2) is 0 Å². The Morgan fingerprint density at radius 2 is 1.86 bits per heavy atom. The minimum Gasteiger partial charge on any atom is -0.385 e. The van der Waals surface area contributed by atoms with Crippen molar-refractivity contribution in [2.75, 3.05) is 25.6 Å². The monoisotopic (exact) mass is 292 g/mol. The number of hydrogen-bond donors (Lipinski definition) is 2. The lowest BCUT2D eigenvalue weighted by molar-refractivity contribution is -0.121. The summed E-state index contributed by atoms with van der Waals surface area (Å²) in [5.41, 5.74) is 2.38. The molecule has 0 aliphatic heterocycles. The molecule has 0 spiro atoms. The summed E-state index contributed by atoms with van der Waals surface area (Å²) in [7, 11) is 1.66. The first kappa shape index (κ1) is 17.5. The molecule has 4 heteroatoms. The highest BCUT2D eigenvalue weighted by Gasteiger charge is 2.14. The predicted octanol–water partition coefficient (Wildman–Crippen LogP) is 2.94. The zero-order valence-corrected chi connectivity index (χ0v) is 13.8. The number of anilines is 1. The van der Waals surface area contributed by atoms with E-state index in [0.717, 1.165) is 12.1 Å². The Bertz CT molecular complexity index is 435. The molecule has 1 unspecified atom stereocenters. The third-order valence-corrected chi connectivity index (χ3v) is 3.35. The molecule has 118 valence electrons. The van der Waals surface area contributed by atoms with Crippen LogP contribution in [0.15, 0.2) is 24.3 Å². The number of carbonyl (C=O) groups is 1. The average molecular weight is 292 g/mol. The van der Waals surface area contributed by atoms with E-state index < -0.39 is 0 Å². The summed E-state index contributed by atoms with van der Waals surface area (Å²) in [5.74, 6) is 0.00556. The van der Waals surface area contributed by atoms with Crippen LogP contribution in [0.4, 0.5) is 5.69 Å². The maximum Gasteiger partial charge on any atom is 0.242 e. The van der Waals surface area contributed by atoms with Gasteiger partial charge in [-0.15, -0.1) is 0 Å². The Kier molecular flexibility index (Phi) is 6.69. The third-order valence-electron chi connectivity index (χ3n) is 3.35. The van der Waals surface area contributed by atoms with Gasteiger partial charge in [-0.3, -0.25) is 4.79 Å². The van der Waals surface area contributed by atoms with Crippen LogP contribution in [0, 0.1) is 0 Å². The predicted molar refractivity (Wildman–Crippen MR) is 87.7 cm³/mol. The SMILES string of the molecule is COCCCNC(=O)C(C)Nc1ccc(C(C)(C)C)cc1. The molecule has 0 bridgehead atoms. The van der Waals surface area contributed by atoms with Gasteiger partial charge in [0.25, 0.3) is 0 Å². The van der Waals surface area contributed by atoms with Gasteiger partial charge >= 0.3 is 0 Å². The summed E-state index contributed by atoms with van der Waals surface area (Å²) in [4.78, 5) is 11.9. The van der Waals surface area contributed by atoms with Crippen LogP contribution in [0.1, 0.15) is 39.7 Å². The molecule has 1 aromatic rings. The fraction of sp³-hybridized carbons (Fsp3) is 0.588. The molecule has 2 N–H and O–H groups in total. The fourth-order valence-electron chi connectivity index (χ4n) is 1.96. The highest BCUT2D eigenvalue weighted by molar-refractivity contribution is 5.84. The number of amides is 1. The van der Waals surface area contributed by atoms with Gasteiger partial charge in [0, 0.05) is 25.9 Å². The first-order chi connectivity index (χ1) is 9.84. The molecule has 0 saturated heterocycles. The molecule has 4 nitrogen and oxygen atoms in total. The number of methoxy groups -OCH3 is 1. The number of benzene rings is 1. The van der Waals surface area contributed by atoms with Crippen LogP contribution in [0.2, 0.25) is 0 Å². The molecule has 1 rings (SSSR count). The van der Waals surface area contributed by atoms with E-state index >= 15 is 0 Å². The van der Waals surface area contributed by atoms with Gasteiger partial charge in [-0.25, -0.2) is 0 Å². The van der Waals surface area contributed by atoms with E-state index in [1.54, 1.807) is 7.11 Å². The van der Waals surface area contributed by atoms with Crippen molar-refractivity contribution in [3.63, 3.8) is 0 Å². The lowest BCUT2D eigenvalue weighted by Crippen LogP contribution is -2.38. The Morgan fingerprint density at radius 3 is 2.38 bits per heavy atom. The van der Waals surface area contributed by atoms with Crippen molar-refractivity contribution < 1.29 is 9.53 Å². The molecule has 1 atom stereocenters. The van der Waals surface area contributed by atoms with E-state index in [1.165, 1.54) is 5.56 Å². The Morgan fingerprint density at radius 1 is 1.24 bits per heavy atom. The first-order valence-corrected chi connectivity index (χ1v) is 7.48. The van der Waals surface area contributed by atoms with Crippen molar-refractivity contribution in [3.8, 4) is 0 Å². The van der Waals surface area contributed by atoms with Crippen LogP contribution in [0.5, 0.6) is 0 Å². The molecule has 1 amide bonds. The number of nitrogens with one attached hydrogen (secondary N) is 2. The first-order valence-electron chi connectivity index (χ1n) is 7.48. The fourth-order valence-corrected chi connectivity index (χ4v) is 1.96. The van der Waals surface area contributed by atoms with E-state index in [1.807, 2.05) is 19.1 Å². The quantitative estimate of drug-likeness (QED) is 0.760. The Hall–Kier alpha value is -1.55. The maximum atomic E-state index is 11.9. The highest BCUT2D eigenvalue weighted by Crippen LogP contribution is 2.23. The summed E-state index contributed by atoms with van der Waals surface area (Å²) in [6.07, 6.45) is 0.829. The summed E-state index contributed by atoms with van der Waals surface area (Å²) >= 11 is 0. The molecule has 0 fully saturated rings. The number of hydrogen-bond acceptors (Lipinski definition) is 3. The molecule has 0 radical (unpaired) electrons. The second kappa shape index (κ2) is 8.03. The van der Waals surface area contributed by atoms with Gasteiger partial charge in [0.05, 0.1) is 0 Å². The minimum atomic E-state index is -0.256. The second-order valence-electron chi connectivity index (χ2n) is 6.33. The summed E-state index contributed by atoms with van der Waals surface area (Å²) in [6, 6.07) is 8.00. The normalized spacial score (nSPS) is 12.8. The molecule has 1 aromatic carbocycles. The van der Waals surface area contributed by atoms with Gasteiger partial charge in [0.2, 0.25) is 5.91 Å². The van der Waals surface area contributed by atoms with E-state index in [-0.39, 0.29) is 17.4 Å². The zero-order valence-electron chi connectivity index (χ0n) is 13.8. The molecule has 0 saturated carbocycles. The topological polar surface area (TPSA) is 50.4 Å². The molecule has 0 aliphatic rings. The Balaban J connectivity index is 2.47. The van der Waals surface area contributed by atoms with Crippen LogP contribution in [0.25, 0.3) is 0 Å². The van der Waals surface area contributed by atoms with Gasteiger partial charge in [-0.05, 0) is 36.5 Å². The minimum absolute atomic E-state index is 0.00556. The summed E-state index contributed by atoms with van der Waals surface area (Å²) < 4.78 is 4.95. The third kappa shape index (κ3) is 6.17. The molecule has 0 aliphatic carbocycles. The smallest absolute Gasteiger partial charge is 0.242 e. The van der Waals surface area contributed by atoms with Crippen molar-refractivity contribution in [2.24, 2.45) is 0 Å². The van der Waals surface area contributed by atoms with E-state index in [0.29, 0.717) is 13.2 Å². The van der Waals surface area contributed by atoms with Crippen LogP contribution >= 0.6 is 0 Å². The largest absolute Gasteiger partial charge is 0.385 e. The maximum absolute atomic E-state index is 11.9.